The maximum atomic E-state index is 6.57. The molecule has 121 valence electrons. The van der Waals surface area contributed by atoms with Crippen LogP contribution >= 0.6 is 0 Å². The summed E-state index contributed by atoms with van der Waals surface area (Å²) in [6.07, 6.45) is 0.755. The van der Waals surface area contributed by atoms with Crippen LogP contribution in [0.5, 0.6) is 0 Å². The van der Waals surface area contributed by atoms with Crippen molar-refractivity contribution in [3.63, 3.8) is 0 Å². The lowest BCUT2D eigenvalue weighted by molar-refractivity contribution is 0.393. The van der Waals surface area contributed by atoms with E-state index >= 15 is 0 Å². The van der Waals surface area contributed by atoms with Crippen LogP contribution in [-0.2, 0) is 8.23 Å². The van der Waals surface area contributed by atoms with Crippen molar-refractivity contribution in [3.05, 3.63) is 10.9 Å². The van der Waals surface area contributed by atoms with Gasteiger partial charge in [-0.3, -0.25) is 0 Å². The molecule has 0 fully saturated rings. The Kier molecular flexibility index (Phi) is 9.94. The number of hydrogen-bond donors (Lipinski definition) is 0. The Hall–Kier alpha value is 0.765. The fraction of sp³-hybridized carbons (Fsp3) is 0.833. The van der Waals surface area contributed by atoms with Gasteiger partial charge in [0.2, 0.25) is 0 Å². The summed E-state index contributed by atoms with van der Waals surface area (Å²) >= 11 is 0. The highest BCUT2D eigenvalue weighted by atomic mass is 28.5. The molecule has 0 rings (SSSR count). The first-order valence-electron chi connectivity index (χ1n) is 8.58. The number of rotatable bonds is 10. The summed E-state index contributed by atoms with van der Waals surface area (Å²) in [4.78, 5) is 0. The van der Waals surface area contributed by atoms with Crippen LogP contribution in [0.4, 0.5) is 0 Å². The predicted octanol–water partition coefficient (Wildman–Crippen LogP) is 1.82. The second kappa shape index (κ2) is 9.63. The van der Waals surface area contributed by atoms with Gasteiger partial charge in [0.05, 0.1) is 13.0 Å². The Morgan fingerprint density at radius 2 is 1.42 bits per heavy atom. The van der Waals surface area contributed by atoms with E-state index in [4.69, 9.17) is 39.2 Å². The topological polar surface area (TPSA) is 18.5 Å². The summed E-state index contributed by atoms with van der Waals surface area (Å²) in [6.45, 7) is 16.3. The van der Waals surface area contributed by atoms with Crippen molar-refractivity contribution in [2.24, 2.45) is 0 Å². The van der Waals surface area contributed by atoms with E-state index in [-0.39, 0.29) is 6.49 Å². The highest BCUT2D eigenvalue weighted by Gasteiger charge is 2.38. The molecule has 0 aromatic carbocycles. The van der Waals surface area contributed by atoms with Gasteiger partial charge < -0.3 is 8.23 Å². The van der Waals surface area contributed by atoms with Gasteiger partial charge in [0, 0.05) is 38.0 Å². The molecule has 0 heterocycles. The fourth-order valence-electron chi connectivity index (χ4n) is 3.16. The molecule has 0 amide bonds. The highest BCUT2D eigenvalue weighted by molar-refractivity contribution is 7.49. The maximum Gasteiger partial charge on any atom is 0.311 e. The SMILES string of the molecule is [B][B]B([B])/C(C[Si](C)(C)O[Si](C)(C)O[Si](C)(C)C)=C(/CC)B([B])[B]. The van der Waals surface area contributed by atoms with Gasteiger partial charge >= 0.3 is 8.56 Å². The molecule has 9 radical (unpaired) electrons. The third-order valence-corrected chi connectivity index (χ3v) is 13.3. The van der Waals surface area contributed by atoms with E-state index in [0.29, 0.717) is 0 Å². The molecule has 0 saturated carbocycles. The van der Waals surface area contributed by atoms with Gasteiger partial charge in [-0.25, -0.2) is 0 Å². The third-order valence-electron chi connectivity index (χ3n) is 3.50. The smallest absolute Gasteiger partial charge is 0.311 e. The van der Waals surface area contributed by atoms with Crippen molar-refractivity contribution in [1.29, 1.82) is 0 Å². The quantitative estimate of drug-likeness (QED) is 0.551. The Bertz CT molecular complexity index is 439. The molecule has 0 atom stereocenters. The molecule has 0 saturated heterocycles. The second-order valence-electron chi connectivity index (χ2n) is 8.30. The Morgan fingerprint density at radius 1 is 0.917 bits per heavy atom. The molecule has 2 nitrogen and oxygen atoms in total. The van der Waals surface area contributed by atoms with Crippen molar-refractivity contribution in [2.75, 3.05) is 0 Å². The first-order valence-corrected chi connectivity index (χ1v) is 17.9. The van der Waals surface area contributed by atoms with Crippen molar-refractivity contribution in [3.8, 4) is 0 Å². The van der Waals surface area contributed by atoms with Crippen LogP contribution in [0.2, 0.25) is 51.9 Å². The minimum atomic E-state index is -2.20. The van der Waals surface area contributed by atoms with Gasteiger partial charge in [-0.05, 0) is 58.3 Å². The van der Waals surface area contributed by atoms with Crippen LogP contribution in [0.25, 0.3) is 0 Å². The largest absolute Gasteiger partial charge is 0.437 e. The van der Waals surface area contributed by atoms with E-state index in [9.17, 15) is 0 Å². The average Bonchev–Trinajstić information content (AvgIpc) is 2.32. The average molecular weight is 364 g/mol. The van der Waals surface area contributed by atoms with Gasteiger partial charge in [0.25, 0.3) is 0 Å². The van der Waals surface area contributed by atoms with E-state index in [2.05, 4.69) is 45.8 Å². The first-order chi connectivity index (χ1) is 10.6. The molecular weight excluding hydrogens is 336 g/mol. The molecule has 12 heteroatoms. The van der Waals surface area contributed by atoms with E-state index in [1.165, 1.54) is 7.06 Å². The zero-order valence-corrected chi connectivity index (χ0v) is 19.8. The van der Waals surface area contributed by atoms with Crippen LogP contribution in [0, 0.1) is 0 Å². The van der Waals surface area contributed by atoms with Crippen LogP contribution in [-0.4, -0.2) is 76.2 Å². The van der Waals surface area contributed by atoms with Crippen LogP contribution in [0.15, 0.2) is 10.9 Å². The molecule has 0 aromatic heterocycles. The molecule has 24 heavy (non-hydrogen) atoms. The molecule has 0 bridgehead atoms. The summed E-state index contributed by atoms with van der Waals surface area (Å²) in [5, 5.41) is 0. The van der Waals surface area contributed by atoms with Gasteiger partial charge in [-0.1, -0.05) is 6.92 Å². The van der Waals surface area contributed by atoms with Gasteiger partial charge in [0.1, 0.15) is 0 Å². The molecular formula is C12H28B7O2Si3. The molecule has 0 aliphatic carbocycles. The maximum absolute atomic E-state index is 6.57. The van der Waals surface area contributed by atoms with E-state index in [1.54, 1.807) is 0 Å². The van der Waals surface area contributed by atoms with Crippen molar-refractivity contribution in [2.45, 2.75) is 65.2 Å². The van der Waals surface area contributed by atoms with Gasteiger partial charge in [0.15, 0.2) is 16.6 Å². The van der Waals surface area contributed by atoms with Crippen LogP contribution in [0.3, 0.4) is 0 Å². The lowest BCUT2D eigenvalue weighted by atomic mass is 9.01. The standard InChI is InChI=1S/C12H28B7O2Si3/c1-9-11(18(14)15)12(19(16)17-13)10-23(5,6)21-24(7,8)20-22(2,3)4/h9-10H2,1-8H3/b12-11-. The monoisotopic (exact) mass is 365 g/mol. The normalized spacial score (nSPS) is 14.2. The lowest BCUT2D eigenvalue weighted by Crippen LogP contribution is -2.52. The van der Waals surface area contributed by atoms with Crippen molar-refractivity contribution < 1.29 is 8.23 Å². The van der Waals surface area contributed by atoms with Crippen LogP contribution in [0.1, 0.15) is 13.3 Å². The summed E-state index contributed by atoms with van der Waals surface area (Å²) in [5.41, 5.74) is 1.99. The molecule has 0 aliphatic rings. The van der Waals surface area contributed by atoms with Crippen LogP contribution < -0.4 is 0 Å². The Morgan fingerprint density at radius 3 is 1.75 bits per heavy atom. The van der Waals surface area contributed by atoms with Gasteiger partial charge in [-0.15, -0.1) is 10.9 Å². The first kappa shape index (κ1) is 24.8. The Labute approximate surface area is 160 Å². The zero-order chi connectivity index (χ0) is 19.3. The predicted molar refractivity (Wildman–Crippen MR) is 123 cm³/mol. The van der Waals surface area contributed by atoms with Crippen molar-refractivity contribution in [1.82, 2.24) is 0 Å². The van der Waals surface area contributed by atoms with E-state index < -0.39 is 31.7 Å². The summed E-state index contributed by atoms with van der Waals surface area (Å²) < 4.78 is 12.9. The number of hydrogen-bond acceptors (Lipinski definition) is 2. The minimum Gasteiger partial charge on any atom is -0.437 e. The third kappa shape index (κ3) is 9.46. The zero-order valence-electron chi connectivity index (χ0n) is 16.8. The summed E-state index contributed by atoms with van der Waals surface area (Å²) in [6, 6.07) is 0.751. The highest BCUT2D eigenvalue weighted by Crippen LogP contribution is 2.28. The molecule has 0 aromatic rings. The number of allylic oxidation sites excluding steroid dienone is 2. The molecule has 0 unspecified atom stereocenters. The summed E-state index contributed by atoms with van der Waals surface area (Å²) in [5.74, 6) is 0. The summed E-state index contributed by atoms with van der Waals surface area (Å²) in [7, 11) is 19.4. The molecule has 0 spiro atoms. The Balaban J connectivity index is 5.47. The van der Waals surface area contributed by atoms with Gasteiger partial charge in [-0.2, -0.15) is 0 Å². The fourth-order valence-corrected chi connectivity index (χ4v) is 16.6. The van der Waals surface area contributed by atoms with E-state index in [1.807, 2.05) is 6.92 Å². The minimum absolute atomic E-state index is 0.354. The molecule has 0 aliphatic heterocycles. The second-order valence-corrected chi connectivity index (χ2v) is 20.8. The lowest BCUT2D eigenvalue weighted by Gasteiger charge is -2.39. The molecule has 0 N–H and O–H groups in total. The van der Waals surface area contributed by atoms with E-state index in [0.717, 1.165) is 23.4 Å². The van der Waals surface area contributed by atoms with Crippen molar-refractivity contribution >= 4 is 76.2 Å².